The zero-order valence-corrected chi connectivity index (χ0v) is 11.8. The summed E-state index contributed by atoms with van der Waals surface area (Å²) in [6.07, 6.45) is 1.41. The van der Waals surface area contributed by atoms with Crippen LogP contribution in [-0.2, 0) is 6.54 Å². The van der Waals surface area contributed by atoms with Crippen molar-refractivity contribution in [3.63, 3.8) is 0 Å². The highest BCUT2D eigenvalue weighted by atomic mass is 16.5. The van der Waals surface area contributed by atoms with Gasteiger partial charge in [0, 0.05) is 19.7 Å². The van der Waals surface area contributed by atoms with Crippen LogP contribution >= 0.6 is 0 Å². The minimum atomic E-state index is 0.368. The van der Waals surface area contributed by atoms with Gasteiger partial charge in [0.15, 0.2) is 0 Å². The predicted octanol–water partition coefficient (Wildman–Crippen LogP) is 2.30. The predicted molar refractivity (Wildman–Crippen MR) is 76.6 cm³/mol. The lowest BCUT2D eigenvalue weighted by atomic mass is 10.1. The molecule has 102 valence electrons. The van der Waals surface area contributed by atoms with Crippen LogP contribution in [0.5, 0.6) is 5.75 Å². The standard InChI is InChI=1S/C15H16N4O/c1-11-6-12(4-5-14(11)20-3)9-19(2)15-7-13(8-16)17-10-18-15/h4-7,10H,9H2,1-3H3. The SMILES string of the molecule is COc1ccc(CN(C)c2cc(C#N)ncn2)cc1C. The molecule has 0 amide bonds. The van der Waals surface area contributed by atoms with E-state index in [-0.39, 0.29) is 0 Å². The number of ether oxygens (including phenoxy) is 1. The number of hydrogen-bond acceptors (Lipinski definition) is 5. The second-order valence-electron chi connectivity index (χ2n) is 4.53. The first-order valence-electron chi connectivity index (χ1n) is 6.21. The smallest absolute Gasteiger partial charge is 0.145 e. The summed E-state index contributed by atoms with van der Waals surface area (Å²) in [5.41, 5.74) is 2.62. The first-order chi connectivity index (χ1) is 9.63. The van der Waals surface area contributed by atoms with Gasteiger partial charge >= 0.3 is 0 Å². The van der Waals surface area contributed by atoms with Gasteiger partial charge in [0.2, 0.25) is 0 Å². The van der Waals surface area contributed by atoms with Crippen molar-refractivity contribution in [2.75, 3.05) is 19.1 Å². The fourth-order valence-corrected chi connectivity index (χ4v) is 2.01. The maximum absolute atomic E-state index is 8.85. The molecule has 0 radical (unpaired) electrons. The van der Waals surface area contributed by atoms with Gasteiger partial charge in [0.25, 0.3) is 0 Å². The summed E-state index contributed by atoms with van der Waals surface area (Å²) in [5, 5.41) is 8.85. The van der Waals surface area contributed by atoms with Gasteiger partial charge in [-0.05, 0) is 24.1 Å². The van der Waals surface area contributed by atoms with E-state index >= 15 is 0 Å². The number of methoxy groups -OCH3 is 1. The van der Waals surface area contributed by atoms with Crippen LogP contribution in [-0.4, -0.2) is 24.1 Å². The second-order valence-corrected chi connectivity index (χ2v) is 4.53. The van der Waals surface area contributed by atoms with Crippen molar-refractivity contribution in [2.24, 2.45) is 0 Å². The van der Waals surface area contributed by atoms with Crippen molar-refractivity contribution < 1.29 is 4.74 Å². The van der Waals surface area contributed by atoms with E-state index in [0.717, 1.165) is 22.7 Å². The van der Waals surface area contributed by atoms with E-state index in [9.17, 15) is 0 Å². The Morgan fingerprint density at radius 1 is 1.30 bits per heavy atom. The highest BCUT2D eigenvalue weighted by Crippen LogP contribution is 2.20. The van der Waals surface area contributed by atoms with Gasteiger partial charge in [-0.3, -0.25) is 0 Å². The lowest BCUT2D eigenvalue weighted by Crippen LogP contribution is -2.18. The molecular formula is C15H16N4O. The lowest BCUT2D eigenvalue weighted by Gasteiger charge is -2.18. The highest BCUT2D eigenvalue weighted by Gasteiger charge is 2.07. The molecule has 0 bridgehead atoms. The van der Waals surface area contributed by atoms with Crippen molar-refractivity contribution in [3.8, 4) is 11.8 Å². The van der Waals surface area contributed by atoms with Crippen molar-refractivity contribution >= 4 is 5.82 Å². The first-order valence-corrected chi connectivity index (χ1v) is 6.21. The number of hydrogen-bond donors (Lipinski definition) is 0. The summed E-state index contributed by atoms with van der Waals surface area (Å²) < 4.78 is 5.25. The molecule has 0 unspecified atom stereocenters. The Hall–Kier alpha value is -2.61. The molecule has 5 heteroatoms. The van der Waals surface area contributed by atoms with Crippen LogP contribution in [0, 0.1) is 18.3 Å². The summed E-state index contributed by atoms with van der Waals surface area (Å²) in [5.74, 6) is 1.61. The van der Waals surface area contributed by atoms with Crippen LogP contribution < -0.4 is 9.64 Å². The Balaban J connectivity index is 2.17. The minimum absolute atomic E-state index is 0.368. The molecule has 0 spiro atoms. The van der Waals surface area contributed by atoms with Gasteiger partial charge < -0.3 is 9.64 Å². The van der Waals surface area contributed by atoms with Gasteiger partial charge in [0.1, 0.15) is 29.7 Å². The van der Waals surface area contributed by atoms with Crippen LogP contribution in [0.25, 0.3) is 0 Å². The number of nitriles is 1. The topological polar surface area (TPSA) is 62.0 Å². The zero-order chi connectivity index (χ0) is 14.5. The molecule has 5 nitrogen and oxygen atoms in total. The summed E-state index contributed by atoms with van der Waals surface area (Å²) in [6, 6.07) is 9.76. The van der Waals surface area contributed by atoms with Gasteiger partial charge in [-0.2, -0.15) is 5.26 Å². The molecular weight excluding hydrogens is 252 g/mol. The molecule has 0 saturated carbocycles. The number of nitrogens with zero attached hydrogens (tertiary/aromatic N) is 4. The van der Waals surface area contributed by atoms with Crippen molar-refractivity contribution in [1.29, 1.82) is 5.26 Å². The Labute approximate surface area is 118 Å². The second kappa shape index (κ2) is 6.02. The Kier molecular flexibility index (Phi) is 4.16. The molecule has 2 rings (SSSR count). The highest BCUT2D eigenvalue weighted by molar-refractivity contribution is 5.43. The van der Waals surface area contributed by atoms with Crippen molar-refractivity contribution in [2.45, 2.75) is 13.5 Å². The molecule has 2 aromatic rings. The average Bonchev–Trinajstić information content (AvgIpc) is 2.47. The van der Waals surface area contributed by atoms with Gasteiger partial charge in [-0.15, -0.1) is 0 Å². The van der Waals surface area contributed by atoms with Gasteiger partial charge in [0.05, 0.1) is 7.11 Å². The molecule has 20 heavy (non-hydrogen) atoms. The van der Waals surface area contributed by atoms with E-state index in [1.807, 2.05) is 37.1 Å². The summed E-state index contributed by atoms with van der Waals surface area (Å²) in [7, 11) is 3.60. The maximum atomic E-state index is 8.85. The molecule has 0 aliphatic heterocycles. The quantitative estimate of drug-likeness (QED) is 0.851. The van der Waals surface area contributed by atoms with E-state index < -0.39 is 0 Å². The Morgan fingerprint density at radius 2 is 2.10 bits per heavy atom. The largest absolute Gasteiger partial charge is 0.496 e. The van der Waals surface area contributed by atoms with E-state index in [1.165, 1.54) is 6.33 Å². The lowest BCUT2D eigenvalue weighted by molar-refractivity contribution is 0.411. The van der Waals surface area contributed by atoms with Crippen LogP contribution in [0.2, 0.25) is 0 Å². The minimum Gasteiger partial charge on any atom is -0.496 e. The van der Waals surface area contributed by atoms with E-state index in [2.05, 4.69) is 16.0 Å². The molecule has 0 aliphatic carbocycles. The van der Waals surface area contributed by atoms with Gasteiger partial charge in [-0.1, -0.05) is 12.1 Å². The molecule has 0 fully saturated rings. The van der Waals surface area contributed by atoms with Crippen LogP contribution in [0.1, 0.15) is 16.8 Å². The van der Waals surface area contributed by atoms with Crippen LogP contribution in [0.15, 0.2) is 30.6 Å². The van der Waals surface area contributed by atoms with E-state index in [4.69, 9.17) is 10.00 Å². The fraction of sp³-hybridized carbons (Fsp3) is 0.267. The normalized spacial score (nSPS) is 9.90. The molecule has 1 aromatic heterocycles. The maximum Gasteiger partial charge on any atom is 0.145 e. The monoisotopic (exact) mass is 268 g/mol. The summed E-state index contributed by atoms with van der Waals surface area (Å²) in [4.78, 5) is 10.0. The Morgan fingerprint density at radius 3 is 2.75 bits per heavy atom. The molecule has 1 heterocycles. The number of aryl methyl sites for hydroxylation is 1. The zero-order valence-electron chi connectivity index (χ0n) is 11.8. The molecule has 0 aliphatic rings. The van der Waals surface area contributed by atoms with Crippen molar-refractivity contribution in [1.82, 2.24) is 9.97 Å². The molecule has 0 atom stereocenters. The summed E-state index contributed by atoms with van der Waals surface area (Å²) in [6.45, 7) is 2.72. The first kappa shape index (κ1) is 13.8. The number of anilines is 1. The third-order valence-corrected chi connectivity index (χ3v) is 3.04. The van der Waals surface area contributed by atoms with E-state index in [1.54, 1.807) is 13.2 Å². The number of benzene rings is 1. The van der Waals surface area contributed by atoms with Crippen molar-refractivity contribution in [3.05, 3.63) is 47.4 Å². The molecule has 0 saturated heterocycles. The Bertz CT molecular complexity index is 649. The third kappa shape index (κ3) is 3.04. The third-order valence-electron chi connectivity index (χ3n) is 3.04. The summed E-state index contributed by atoms with van der Waals surface area (Å²) >= 11 is 0. The average molecular weight is 268 g/mol. The van der Waals surface area contributed by atoms with Crippen LogP contribution in [0.3, 0.4) is 0 Å². The van der Waals surface area contributed by atoms with E-state index in [0.29, 0.717) is 12.2 Å². The fourth-order valence-electron chi connectivity index (χ4n) is 2.01. The number of rotatable bonds is 4. The van der Waals surface area contributed by atoms with Crippen LogP contribution in [0.4, 0.5) is 5.82 Å². The van der Waals surface area contributed by atoms with Gasteiger partial charge in [-0.25, -0.2) is 9.97 Å². The number of aromatic nitrogens is 2. The molecule has 1 aromatic carbocycles. The molecule has 0 N–H and O–H groups in total.